The van der Waals surface area contributed by atoms with E-state index in [1.165, 1.54) is 25.7 Å². The first kappa shape index (κ1) is 21.1. The summed E-state index contributed by atoms with van der Waals surface area (Å²) >= 11 is 0. The van der Waals surface area contributed by atoms with E-state index in [2.05, 4.69) is 27.7 Å². The number of rotatable bonds is 8. The van der Waals surface area contributed by atoms with Gasteiger partial charge in [0.1, 0.15) is 0 Å². The predicted molar refractivity (Wildman–Crippen MR) is 71.0 cm³/mol. The third-order valence-electron chi connectivity index (χ3n) is 1.78. The van der Waals surface area contributed by atoms with Crippen LogP contribution in [-0.4, -0.2) is 36.3 Å². The zero-order chi connectivity index (χ0) is 11.1. The Hall–Kier alpha value is 0.726. The van der Waals surface area contributed by atoms with Gasteiger partial charge in [-0.2, -0.15) is 12.8 Å². The molecule has 0 aromatic rings. The average molecular weight is 225 g/mol. The fourth-order valence-corrected chi connectivity index (χ4v) is 0.760. The van der Waals surface area contributed by atoms with Gasteiger partial charge in [-0.05, 0) is 6.42 Å². The molecule has 0 aromatic carbocycles. The monoisotopic (exact) mass is 224 g/mol. The van der Waals surface area contributed by atoms with Crippen LogP contribution in [0.3, 0.4) is 0 Å². The summed E-state index contributed by atoms with van der Waals surface area (Å²) in [7, 11) is 0. The third-order valence-corrected chi connectivity index (χ3v) is 1.78. The fraction of sp³-hybridized carbons (Fsp3) is 0.846. The molecule has 0 amide bonds. The van der Waals surface area contributed by atoms with Crippen LogP contribution in [0.15, 0.2) is 0 Å². The molecule has 0 unspecified atom stereocenters. The topological polar surface area (TPSA) is 9.23 Å². The summed E-state index contributed by atoms with van der Waals surface area (Å²) in [6.45, 7) is 13.5. The van der Waals surface area contributed by atoms with Crippen molar-refractivity contribution in [2.75, 3.05) is 13.2 Å². The first-order valence-electron chi connectivity index (χ1n) is 5.99. The predicted octanol–water partition coefficient (Wildman–Crippen LogP) is 4.05. The van der Waals surface area contributed by atoms with E-state index in [0.717, 1.165) is 32.5 Å². The molecule has 0 spiro atoms. The first-order chi connectivity index (χ1) is 6.83. The summed E-state index contributed by atoms with van der Waals surface area (Å²) in [5, 5.41) is 0. The maximum atomic E-state index is 5.34. The summed E-state index contributed by atoms with van der Waals surface area (Å²) in [5.74, 6) is 0. The van der Waals surface area contributed by atoms with Gasteiger partial charge in [-0.3, -0.25) is 0 Å². The zero-order valence-electron chi connectivity index (χ0n) is 10.9. The van der Waals surface area contributed by atoms with Gasteiger partial charge in [-0.25, -0.2) is 0 Å². The van der Waals surface area contributed by atoms with Crippen LogP contribution < -0.4 is 0 Å². The van der Waals surface area contributed by atoms with Crippen molar-refractivity contribution < 1.29 is 4.74 Å². The van der Waals surface area contributed by atoms with Crippen LogP contribution in [0.5, 0.6) is 0 Å². The summed E-state index contributed by atoms with van der Waals surface area (Å²) in [5.41, 5.74) is 0. The Balaban J connectivity index is -0.000000249. The Bertz CT molecular complexity index is 66.9. The van der Waals surface area contributed by atoms with Crippen molar-refractivity contribution in [3.05, 3.63) is 13.8 Å². The summed E-state index contributed by atoms with van der Waals surface area (Å²) in [6.07, 6.45) is 8.16. The maximum absolute atomic E-state index is 5.34. The molecular weight excluding hydrogens is 196 g/mol. The molecule has 0 N–H and O–H groups in total. The van der Waals surface area contributed by atoms with Crippen LogP contribution in [0.1, 0.15) is 58.8 Å². The molecule has 0 rings (SSSR count). The van der Waals surface area contributed by atoms with Crippen LogP contribution in [0.2, 0.25) is 0 Å². The van der Waals surface area contributed by atoms with E-state index in [1.54, 1.807) is 0 Å². The first-order valence-corrected chi connectivity index (χ1v) is 5.99. The van der Waals surface area contributed by atoms with Gasteiger partial charge < -0.3 is 18.6 Å². The van der Waals surface area contributed by atoms with Crippen LogP contribution >= 0.6 is 0 Å². The Morgan fingerprint density at radius 2 is 1.33 bits per heavy atom. The molecule has 88 valence electrons. The molecule has 15 heavy (non-hydrogen) atoms. The number of unbranched alkanes of at least 4 members (excludes halogenated alkanes) is 4. The van der Waals surface area contributed by atoms with E-state index in [4.69, 9.17) is 4.74 Å². The molecule has 0 saturated carbocycles. The van der Waals surface area contributed by atoms with Gasteiger partial charge >= 0.3 is 23.1 Å². The number of hydrogen-bond acceptors (Lipinski definition) is 1. The van der Waals surface area contributed by atoms with Gasteiger partial charge in [0.15, 0.2) is 0 Å². The Morgan fingerprint density at radius 1 is 0.800 bits per heavy atom. The molecule has 1 nitrogen and oxygen atoms in total. The smallest absolute Gasteiger partial charge is 0.382 e. The average Bonchev–Trinajstić information content (AvgIpc) is 2.24. The molecule has 0 aliphatic carbocycles. The van der Waals surface area contributed by atoms with Crippen molar-refractivity contribution >= 4 is 23.1 Å². The summed E-state index contributed by atoms with van der Waals surface area (Å²) in [6, 6.07) is 0. The Labute approximate surface area is 114 Å². The van der Waals surface area contributed by atoms with Crippen LogP contribution in [0.25, 0.3) is 0 Å². The second-order valence-electron chi connectivity index (χ2n) is 3.38. The number of ether oxygens (including phenoxy) is 1. The van der Waals surface area contributed by atoms with Crippen molar-refractivity contribution in [2.45, 2.75) is 58.8 Å². The van der Waals surface area contributed by atoms with Gasteiger partial charge in [-0.15, -0.1) is 0 Å². The van der Waals surface area contributed by atoms with E-state index < -0.39 is 0 Å². The van der Waals surface area contributed by atoms with Crippen molar-refractivity contribution in [1.29, 1.82) is 0 Å². The molecular formula is C13H28MgO. The van der Waals surface area contributed by atoms with Crippen LogP contribution in [0.4, 0.5) is 0 Å². The second-order valence-corrected chi connectivity index (χ2v) is 3.38. The molecule has 0 radical (unpaired) electrons. The van der Waals surface area contributed by atoms with Crippen molar-refractivity contribution in [1.82, 2.24) is 0 Å². The molecule has 0 aliphatic rings. The minimum absolute atomic E-state index is 0. The standard InChI is InChI=1S/C9H19O.C4H9.Mg/c1-3-5-7-9-10-8-6-4-2;1-3-4-2;/h2-9H2,1H3;1,3-4H2,2H3;/q2*-1;+2. The summed E-state index contributed by atoms with van der Waals surface area (Å²) < 4.78 is 5.34. The largest absolute Gasteiger partial charge is 2.00 e. The van der Waals surface area contributed by atoms with Gasteiger partial charge in [0.2, 0.25) is 0 Å². The molecule has 0 atom stereocenters. The van der Waals surface area contributed by atoms with Gasteiger partial charge in [0.05, 0.1) is 0 Å². The van der Waals surface area contributed by atoms with Crippen molar-refractivity contribution in [3.8, 4) is 0 Å². The maximum Gasteiger partial charge on any atom is 2.00 e. The van der Waals surface area contributed by atoms with Gasteiger partial charge in [0, 0.05) is 13.2 Å². The van der Waals surface area contributed by atoms with Crippen molar-refractivity contribution in [2.24, 2.45) is 0 Å². The molecule has 0 saturated heterocycles. The molecule has 2 heteroatoms. The van der Waals surface area contributed by atoms with E-state index in [-0.39, 0.29) is 23.1 Å². The number of hydrogen-bond donors (Lipinski definition) is 0. The zero-order valence-corrected chi connectivity index (χ0v) is 12.3. The van der Waals surface area contributed by atoms with E-state index in [9.17, 15) is 0 Å². The minimum atomic E-state index is 0. The van der Waals surface area contributed by atoms with Crippen LogP contribution in [0, 0.1) is 13.8 Å². The van der Waals surface area contributed by atoms with E-state index >= 15 is 0 Å². The Kier molecular flexibility index (Phi) is 33.9. The molecule has 0 bridgehead atoms. The van der Waals surface area contributed by atoms with E-state index in [0.29, 0.717) is 0 Å². The molecule has 0 aliphatic heterocycles. The van der Waals surface area contributed by atoms with E-state index in [1.807, 2.05) is 0 Å². The Morgan fingerprint density at radius 3 is 1.73 bits per heavy atom. The minimum Gasteiger partial charge on any atom is -0.382 e. The van der Waals surface area contributed by atoms with Crippen LogP contribution in [-0.2, 0) is 4.74 Å². The molecule has 0 heterocycles. The fourth-order valence-electron chi connectivity index (χ4n) is 0.760. The molecule has 0 aromatic heterocycles. The second kappa shape index (κ2) is 24.1. The van der Waals surface area contributed by atoms with Gasteiger partial charge in [-0.1, -0.05) is 39.5 Å². The SMILES string of the molecule is [CH2-]CCC.[CH2-]CCCOCCCCC.[Mg+2]. The summed E-state index contributed by atoms with van der Waals surface area (Å²) in [4.78, 5) is 0. The molecule has 0 fully saturated rings. The third kappa shape index (κ3) is 31.3. The van der Waals surface area contributed by atoms with Gasteiger partial charge in [0.25, 0.3) is 0 Å². The normalized spacial score (nSPS) is 8.80. The quantitative estimate of drug-likeness (QED) is 0.343. The van der Waals surface area contributed by atoms with Crippen molar-refractivity contribution in [3.63, 3.8) is 0 Å².